The molecular formula is C7H8BrF. The lowest BCUT2D eigenvalue weighted by Gasteiger charge is -1.90. The molecule has 0 amide bonds. The average molecular weight is 191 g/mol. The number of hydrogen-bond donors (Lipinski definition) is 0. The zero-order chi connectivity index (χ0) is 7.44. The molecule has 0 bridgehead atoms. The van der Waals surface area contributed by atoms with Gasteiger partial charge in [0.1, 0.15) is 5.83 Å². The first kappa shape index (κ1) is 8.63. The molecule has 0 atom stereocenters. The van der Waals surface area contributed by atoms with Gasteiger partial charge in [-0.05, 0) is 28.9 Å². The Hall–Kier alpha value is -0.370. The zero-order valence-corrected chi connectivity index (χ0v) is 6.83. The molecule has 0 aliphatic rings. The summed E-state index contributed by atoms with van der Waals surface area (Å²) in [5, 5.41) is 0. The van der Waals surface area contributed by atoms with Crippen molar-refractivity contribution in [3.63, 3.8) is 0 Å². The summed E-state index contributed by atoms with van der Waals surface area (Å²) in [7, 11) is 0. The van der Waals surface area contributed by atoms with E-state index in [9.17, 15) is 4.39 Å². The third-order valence-corrected chi connectivity index (χ3v) is 1.01. The maximum absolute atomic E-state index is 12.4. The second-order valence-electron chi connectivity index (χ2n) is 1.74. The van der Waals surface area contributed by atoms with Gasteiger partial charge in [0, 0.05) is 4.48 Å². The molecule has 0 aromatic rings. The van der Waals surface area contributed by atoms with Gasteiger partial charge in [-0.15, -0.1) is 0 Å². The minimum absolute atomic E-state index is 0.255. The molecule has 50 valence electrons. The molecule has 0 N–H and O–H groups in total. The van der Waals surface area contributed by atoms with Gasteiger partial charge < -0.3 is 0 Å². The Labute approximate surface area is 62.9 Å². The van der Waals surface area contributed by atoms with Crippen LogP contribution in [0.3, 0.4) is 0 Å². The van der Waals surface area contributed by atoms with Crippen LogP contribution in [0.1, 0.15) is 6.92 Å². The van der Waals surface area contributed by atoms with Gasteiger partial charge in [0.15, 0.2) is 0 Å². The van der Waals surface area contributed by atoms with Gasteiger partial charge in [0.25, 0.3) is 0 Å². The topological polar surface area (TPSA) is 0 Å². The average Bonchev–Trinajstić information content (AvgIpc) is 1.63. The second-order valence-corrected chi connectivity index (χ2v) is 2.70. The van der Waals surface area contributed by atoms with E-state index in [1.807, 2.05) is 0 Å². The molecule has 2 heteroatoms. The highest BCUT2D eigenvalue weighted by molar-refractivity contribution is 9.11. The van der Waals surface area contributed by atoms with Gasteiger partial charge in [-0.3, -0.25) is 0 Å². The van der Waals surface area contributed by atoms with E-state index in [4.69, 9.17) is 0 Å². The second kappa shape index (κ2) is 3.62. The Bertz CT molecular complexity index is 168. The van der Waals surface area contributed by atoms with Crippen molar-refractivity contribution in [3.8, 4) is 0 Å². The summed E-state index contributed by atoms with van der Waals surface area (Å²) >= 11 is 2.89. The Kier molecular flexibility index (Phi) is 3.47. The highest BCUT2D eigenvalue weighted by Crippen LogP contribution is 2.16. The third kappa shape index (κ3) is 4.15. The van der Waals surface area contributed by atoms with E-state index in [0.29, 0.717) is 5.57 Å². The van der Waals surface area contributed by atoms with E-state index >= 15 is 0 Å². The first-order valence-electron chi connectivity index (χ1n) is 2.41. The van der Waals surface area contributed by atoms with Crippen molar-refractivity contribution in [2.24, 2.45) is 0 Å². The summed E-state index contributed by atoms with van der Waals surface area (Å²) < 4.78 is 12.7. The van der Waals surface area contributed by atoms with Crippen LogP contribution in [0.5, 0.6) is 0 Å². The smallest absolute Gasteiger partial charge is 0.137 e. The molecule has 0 nitrogen and oxygen atoms in total. The van der Waals surface area contributed by atoms with Crippen molar-refractivity contribution in [1.82, 2.24) is 0 Å². The van der Waals surface area contributed by atoms with E-state index < -0.39 is 0 Å². The summed E-state index contributed by atoms with van der Waals surface area (Å²) in [6.07, 6.45) is 1.32. The van der Waals surface area contributed by atoms with E-state index in [-0.39, 0.29) is 10.3 Å². The van der Waals surface area contributed by atoms with Crippen LogP contribution in [-0.4, -0.2) is 0 Å². The molecule has 0 aliphatic carbocycles. The molecule has 0 aromatic carbocycles. The van der Waals surface area contributed by atoms with Crippen molar-refractivity contribution in [3.05, 3.63) is 35.1 Å². The first-order valence-corrected chi connectivity index (χ1v) is 3.21. The van der Waals surface area contributed by atoms with Gasteiger partial charge in [0.05, 0.1) is 0 Å². The number of halogens is 2. The predicted octanol–water partition coefficient (Wildman–Crippen LogP) is 3.32. The van der Waals surface area contributed by atoms with Gasteiger partial charge >= 0.3 is 0 Å². The van der Waals surface area contributed by atoms with Crippen LogP contribution in [0.4, 0.5) is 4.39 Å². The fraction of sp³-hybridized carbons (Fsp3) is 0.143. The minimum atomic E-state index is -0.373. The number of allylic oxidation sites excluding steroid dienone is 4. The largest absolute Gasteiger partial charge is 0.206 e. The van der Waals surface area contributed by atoms with Gasteiger partial charge in [-0.2, -0.15) is 0 Å². The van der Waals surface area contributed by atoms with Crippen LogP contribution in [0.2, 0.25) is 0 Å². The summed E-state index contributed by atoms with van der Waals surface area (Å²) in [6.45, 7) is 8.56. The van der Waals surface area contributed by atoms with Crippen LogP contribution in [0, 0.1) is 0 Å². The normalized spacial score (nSPS) is 11.2. The standard InChI is InChI=1S/C7H8BrF/c1-5(2)4-7(9)6(3)8/h4H,1,3H2,2H3/b7-4+. The summed E-state index contributed by atoms with van der Waals surface area (Å²) in [5.74, 6) is -0.373. The summed E-state index contributed by atoms with van der Waals surface area (Å²) in [5.41, 5.74) is 0.674. The van der Waals surface area contributed by atoms with Gasteiger partial charge in [-0.25, -0.2) is 4.39 Å². The van der Waals surface area contributed by atoms with Crippen molar-refractivity contribution >= 4 is 15.9 Å². The van der Waals surface area contributed by atoms with Crippen LogP contribution in [0.25, 0.3) is 0 Å². The number of rotatable bonds is 2. The molecule has 9 heavy (non-hydrogen) atoms. The molecular weight excluding hydrogens is 183 g/mol. The fourth-order valence-corrected chi connectivity index (χ4v) is 0.409. The maximum atomic E-state index is 12.4. The lowest BCUT2D eigenvalue weighted by atomic mass is 10.3. The molecule has 0 radical (unpaired) electrons. The Balaban J connectivity index is 4.17. The van der Waals surface area contributed by atoms with Crippen molar-refractivity contribution in [1.29, 1.82) is 0 Å². The maximum Gasteiger partial charge on any atom is 0.137 e. The lowest BCUT2D eigenvalue weighted by Crippen LogP contribution is -1.70. The first-order chi connectivity index (χ1) is 4.04. The van der Waals surface area contributed by atoms with Gasteiger partial charge in [0.2, 0.25) is 0 Å². The fourth-order valence-electron chi connectivity index (χ4n) is 0.295. The van der Waals surface area contributed by atoms with E-state index in [1.165, 1.54) is 6.08 Å². The van der Waals surface area contributed by atoms with Crippen LogP contribution >= 0.6 is 15.9 Å². The highest BCUT2D eigenvalue weighted by Gasteiger charge is 1.93. The highest BCUT2D eigenvalue weighted by atomic mass is 79.9. The Morgan fingerprint density at radius 1 is 1.56 bits per heavy atom. The van der Waals surface area contributed by atoms with Crippen molar-refractivity contribution in [2.45, 2.75) is 6.92 Å². The molecule has 0 unspecified atom stereocenters. The van der Waals surface area contributed by atoms with E-state index in [2.05, 4.69) is 29.1 Å². The SMILES string of the molecule is C=C(C)/C=C(/F)C(=C)Br. The molecule has 0 aromatic heterocycles. The molecule has 0 saturated heterocycles. The molecule has 0 aliphatic heterocycles. The third-order valence-electron chi connectivity index (χ3n) is 0.632. The minimum Gasteiger partial charge on any atom is -0.206 e. The van der Waals surface area contributed by atoms with Crippen molar-refractivity contribution in [2.75, 3.05) is 0 Å². The van der Waals surface area contributed by atoms with Gasteiger partial charge in [-0.1, -0.05) is 18.7 Å². The lowest BCUT2D eigenvalue weighted by molar-refractivity contribution is 0.664. The van der Waals surface area contributed by atoms with Crippen LogP contribution < -0.4 is 0 Å². The molecule has 0 saturated carbocycles. The monoisotopic (exact) mass is 190 g/mol. The van der Waals surface area contributed by atoms with Crippen LogP contribution in [0.15, 0.2) is 35.1 Å². The number of hydrogen-bond acceptors (Lipinski definition) is 0. The van der Waals surface area contributed by atoms with E-state index in [1.54, 1.807) is 6.92 Å². The predicted molar refractivity (Wildman–Crippen MR) is 42.1 cm³/mol. The zero-order valence-electron chi connectivity index (χ0n) is 5.25. The molecule has 0 spiro atoms. The summed E-state index contributed by atoms with van der Waals surface area (Å²) in [6, 6.07) is 0. The van der Waals surface area contributed by atoms with Crippen LogP contribution in [-0.2, 0) is 0 Å². The van der Waals surface area contributed by atoms with Crippen molar-refractivity contribution < 1.29 is 4.39 Å². The Morgan fingerprint density at radius 2 is 2.00 bits per heavy atom. The van der Waals surface area contributed by atoms with E-state index in [0.717, 1.165) is 0 Å². The molecule has 0 fully saturated rings. The summed E-state index contributed by atoms with van der Waals surface area (Å²) in [4.78, 5) is 0. The quantitative estimate of drug-likeness (QED) is 0.587. The molecule has 0 heterocycles. The molecule has 0 rings (SSSR count). The Morgan fingerprint density at radius 3 is 2.11 bits per heavy atom.